The van der Waals surface area contributed by atoms with Crippen molar-refractivity contribution in [2.24, 2.45) is 12.5 Å². The summed E-state index contributed by atoms with van der Waals surface area (Å²) in [5.74, 6) is 0. The van der Waals surface area contributed by atoms with Gasteiger partial charge in [0, 0.05) is 36.7 Å². The zero-order valence-electron chi connectivity index (χ0n) is 12.2. The first-order chi connectivity index (χ1) is 9.05. The summed E-state index contributed by atoms with van der Waals surface area (Å²) in [6.45, 7) is 5.75. The van der Waals surface area contributed by atoms with E-state index in [1.807, 2.05) is 0 Å². The molecule has 19 heavy (non-hydrogen) atoms. The molecule has 1 saturated carbocycles. The van der Waals surface area contributed by atoms with Gasteiger partial charge in [0.05, 0.1) is 0 Å². The van der Waals surface area contributed by atoms with Crippen LogP contribution >= 0.6 is 0 Å². The fraction of sp³-hybridized carbons (Fsp3) is 0.529. The first kappa shape index (κ1) is 12.7. The standard InChI is InChI=1S/C17H24N2/c1-17(2)9-8-14(10-17)18-11-13-12-19(3)16-7-5-4-6-15(13)16/h4-7,12,14,18H,8-11H2,1-3H3. The first-order valence-corrected chi connectivity index (χ1v) is 7.31. The van der Waals surface area contributed by atoms with Gasteiger partial charge >= 0.3 is 0 Å². The topological polar surface area (TPSA) is 17.0 Å². The maximum absolute atomic E-state index is 3.75. The summed E-state index contributed by atoms with van der Waals surface area (Å²) < 4.78 is 2.23. The average Bonchev–Trinajstić information content (AvgIpc) is 2.88. The minimum absolute atomic E-state index is 0.524. The molecule has 3 rings (SSSR count). The Morgan fingerprint density at radius 3 is 2.84 bits per heavy atom. The number of hydrogen-bond donors (Lipinski definition) is 1. The van der Waals surface area contributed by atoms with Gasteiger partial charge in [0.1, 0.15) is 0 Å². The predicted octanol–water partition coefficient (Wildman–Crippen LogP) is 3.85. The Morgan fingerprint density at radius 2 is 2.11 bits per heavy atom. The Kier molecular flexibility index (Phi) is 3.14. The van der Waals surface area contributed by atoms with Crippen molar-refractivity contribution in [2.75, 3.05) is 0 Å². The van der Waals surface area contributed by atoms with Crippen molar-refractivity contribution in [2.45, 2.75) is 45.7 Å². The molecule has 0 radical (unpaired) electrons. The summed E-state index contributed by atoms with van der Waals surface area (Å²) >= 11 is 0. The molecular weight excluding hydrogens is 232 g/mol. The van der Waals surface area contributed by atoms with Crippen LogP contribution in [0.5, 0.6) is 0 Å². The second-order valence-corrected chi connectivity index (χ2v) is 6.77. The van der Waals surface area contributed by atoms with E-state index in [1.54, 1.807) is 0 Å². The van der Waals surface area contributed by atoms with Crippen LogP contribution in [-0.4, -0.2) is 10.6 Å². The number of fused-ring (bicyclic) bond motifs is 1. The zero-order valence-corrected chi connectivity index (χ0v) is 12.2. The lowest BCUT2D eigenvalue weighted by molar-refractivity contribution is 0.364. The van der Waals surface area contributed by atoms with Gasteiger partial charge in [-0.1, -0.05) is 32.0 Å². The Morgan fingerprint density at radius 1 is 1.32 bits per heavy atom. The fourth-order valence-corrected chi connectivity index (χ4v) is 3.43. The molecule has 0 aliphatic heterocycles. The minimum atomic E-state index is 0.524. The summed E-state index contributed by atoms with van der Waals surface area (Å²) in [4.78, 5) is 0. The Labute approximate surface area is 115 Å². The lowest BCUT2D eigenvalue weighted by Gasteiger charge is -2.17. The van der Waals surface area contributed by atoms with E-state index >= 15 is 0 Å². The molecule has 1 aromatic carbocycles. The van der Waals surface area contributed by atoms with Gasteiger partial charge in [0.2, 0.25) is 0 Å². The van der Waals surface area contributed by atoms with Crippen LogP contribution in [0.4, 0.5) is 0 Å². The van der Waals surface area contributed by atoms with Crippen LogP contribution in [0.2, 0.25) is 0 Å². The lowest BCUT2D eigenvalue weighted by atomic mass is 9.92. The molecule has 0 bridgehead atoms. The van der Waals surface area contributed by atoms with Gasteiger partial charge in [-0.3, -0.25) is 0 Å². The van der Waals surface area contributed by atoms with Crippen LogP contribution in [0.3, 0.4) is 0 Å². The zero-order chi connectivity index (χ0) is 13.5. The van der Waals surface area contributed by atoms with E-state index in [1.165, 1.54) is 35.7 Å². The normalized spacial score (nSPS) is 22.2. The summed E-state index contributed by atoms with van der Waals surface area (Å²) in [7, 11) is 2.13. The third-order valence-corrected chi connectivity index (χ3v) is 4.53. The molecule has 1 N–H and O–H groups in total. The van der Waals surface area contributed by atoms with Crippen molar-refractivity contribution in [3.05, 3.63) is 36.0 Å². The van der Waals surface area contributed by atoms with Crippen molar-refractivity contribution in [1.82, 2.24) is 9.88 Å². The molecule has 2 nitrogen and oxygen atoms in total. The molecule has 1 aromatic heterocycles. The number of nitrogens with one attached hydrogen (secondary N) is 1. The van der Waals surface area contributed by atoms with Gasteiger partial charge in [0.15, 0.2) is 0 Å². The summed E-state index contributed by atoms with van der Waals surface area (Å²) in [5, 5.41) is 5.13. The van der Waals surface area contributed by atoms with Gasteiger partial charge in [-0.05, 0) is 36.3 Å². The molecule has 1 aliphatic rings. The number of aromatic nitrogens is 1. The number of rotatable bonds is 3. The number of aryl methyl sites for hydroxylation is 1. The lowest BCUT2D eigenvalue weighted by Crippen LogP contribution is -2.26. The SMILES string of the molecule is Cn1cc(CNC2CCC(C)(C)C2)c2ccccc21. The number of para-hydroxylation sites is 1. The highest BCUT2D eigenvalue weighted by Gasteiger charge is 2.30. The van der Waals surface area contributed by atoms with E-state index < -0.39 is 0 Å². The second kappa shape index (κ2) is 4.68. The smallest absolute Gasteiger partial charge is 0.0481 e. The quantitative estimate of drug-likeness (QED) is 0.882. The van der Waals surface area contributed by atoms with Gasteiger partial charge < -0.3 is 9.88 Å². The molecule has 1 fully saturated rings. The van der Waals surface area contributed by atoms with Crippen LogP contribution < -0.4 is 5.32 Å². The summed E-state index contributed by atoms with van der Waals surface area (Å²) in [5.41, 5.74) is 3.27. The van der Waals surface area contributed by atoms with Crippen molar-refractivity contribution in [3.8, 4) is 0 Å². The average molecular weight is 256 g/mol. The van der Waals surface area contributed by atoms with E-state index in [2.05, 4.69) is 61.2 Å². The maximum Gasteiger partial charge on any atom is 0.0481 e. The Bertz CT molecular complexity index is 580. The maximum atomic E-state index is 3.75. The molecular formula is C17H24N2. The van der Waals surface area contributed by atoms with Crippen LogP contribution in [0, 0.1) is 5.41 Å². The first-order valence-electron chi connectivity index (χ1n) is 7.31. The van der Waals surface area contributed by atoms with E-state index in [0.29, 0.717) is 11.5 Å². The molecule has 1 heterocycles. The van der Waals surface area contributed by atoms with Gasteiger partial charge in [-0.25, -0.2) is 0 Å². The predicted molar refractivity (Wildman–Crippen MR) is 81.2 cm³/mol. The Balaban J connectivity index is 1.73. The molecule has 2 aromatic rings. The van der Waals surface area contributed by atoms with Crippen molar-refractivity contribution in [3.63, 3.8) is 0 Å². The van der Waals surface area contributed by atoms with Gasteiger partial charge in [-0.2, -0.15) is 0 Å². The van der Waals surface area contributed by atoms with E-state index in [-0.39, 0.29) is 0 Å². The highest BCUT2D eigenvalue weighted by Crippen LogP contribution is 2.37. The number of hydrogen-bond acceptors (Lipinski definition) is 1. The number of nitrogens with zero attached hydrogens (tertiary/aromatic N) is 1. The van der Waals surface area contributed by atoms with Crippen LogP contribution in [0.15, 0.2) is 30.5 Å². The van der Waals surface area contributed by atoms with E-state index in [4.69, 9.17) is 0 Å². The molecule has 1 unspecified atom stereocenters. The van der Waals surface area contributed by atoms with Crippen LogP contribution in [0.25, 0.3) is 10.9 Å². The van der Waals surface area contributed by atoms with E-state index in [9.17, 15) is 0 Å². The second-order valence-electron chi connectivity index (χ2n) is 6.77. The molecule has 1 atom stereocenters. The highest BCUT2D eigenvalue weighted by atomic mass is 15.0. The van der Waals surface area contributed by atoms with Crippen molar-refractivity contribution >= 4 is 10.9 Å². The third kappa shape index (κ3) is 2.55. The monoisotopic (exact) mass is 256 g/mol. The molecule has 2 heteroatoms. The molecule has 1 aliphatic carbocycles. The van der Waals surface area contributed by atoms with Crippen molar-refractivity contribution in [1.29, 1.82) is 0 Å². The highest BCUT2D eigenvalue weighted by molar-refractivity contribution is 5.83. The summed E-state index contributed by atoms with van der Waals surface area (Å²) in [6, 6.07) is 9.35. The largest absolute Gasteiger partial charge is 0.350 e. The van der Waals surface area contributed by atoms with Crippen LogP contribution in [-0.2, 0) is 13.6 Å². The van der Waals surface area contributed by atoms with Crippen molar-refractivity contribution < 1.29 is 0 Å². The molecule has 102 valence electrons. The minimum Gasteiger partial charge on any atom is -0.350 e. The summed E-state index contributed by atoms with van der Waals surface area (Å²) in [6.07, 6.45) is 6.23. The van der Waals surface area contributed by atoms with Gasteiger partial charge in [0.25, 0.3) is 0 Å². The van der Waals surface area contributed by atoms with E-state index in [0.717, 1.165) is 6.54 Å². The van der Waals surface area contributed by atoms with Gasteiger partial charge in [-0.15, -0.1) is 0 Å². The molecule has 0 amide bonds. The third-order valence-electron chi connectivity index (χ3n) is 4.53. The van der Waals surface area contributed by atoms with Crippen LogP contribution in [0.1, 0.15) is 38.7 Å². The molecule has 0 spiro atoms. The Hall–Kier alpha value is -1.28. The molecule has 0 saturated heterocycles. The number of benzene rings is 1. The fourth-order valence-electron chi connectivity index (χ4n) is 3.43.